The van der Waals surface area contributed by atoms with Crippen molar-refractivity contribution in [3.8, 4) is 5.75 Å². The molecule has 1 aromatic carbocycles. The molecular weight excluding hydrogens is 347 g/mol. The van der Waals surface area contributed by atoms with Crippen LogP contribution in [0.5, 0.6) is 5.75 Å². The minimum absolute atomic E-state index is 0.137. The van der Waals surface area contributed by atoms with E-state index < -0.39 is 18.8 Å². The lowest BCUT2D eigenvalue weighted by Gasteiger charge is -2.32. The molecule has 0 N–H and O–H groups in total. The van der Waals surface area contributed by atoms with Gasteiger partial charge in [-0.2, -0.15) is 0 Å². The van der Waals surface area contributed by atoms with Gasteiger partial charge in [0.1, 0.15) is 11.6 Å². The van der Waals surface area contributed by atoms with Crippen molar-refractivity contribution in [2.24, 2.45) is 0 Å². The number of benzene rings is 1. The fourth-order valence-corrected chi connectivity index (χ4v) is 2.45. The van der Waals surface area contributed by atoms with Crippen molar-refractivity contribution >= 4 is 21.6 Å². The second kappa shape index (κ2) is 6.39. The van der Waals surface area contributed by atoms with Crippen LogP contribution in [0.4, 0.5) is 13.2 Å². The van der Waals surface area contributed by atoms with E-state index in [0.29, 0.717) is 15.9 Å². The minimum Gasteiger partial charge on any atom is -0.496 e. The molecule has 0 saturated heterocycles. The fraction of sp³-hybridized carbons (Fsp3) is 0.200. The second-order valence-corrected chi connectivity index (χ2v) is 5.19. The summed E-state index contributed by atoms with van der Waals surface area (Å²) in [4.78, 5) is 1.27. The van der Waals surface area contributed by atoms with Gasteiger partial charge in [-0.1, -0.05) is 12.6 Å². The molecule has 0 radical (unpaired) electrons. The molecule has 1 aliphatic heterocycles. The van der Waals surface area contributed by atoms with Crippen molar-refractivity contribution in [2.45, 2.75) is 6.43 Å². The molecule has 0 saturated carbocycles. The summed E-state index contributed by atoms with van der Waals surface area (Å²) in [6.07, 6.45) is 0.620. The van der Waals surface area contributed by atoms with E-state index in [1.54, 1.807) is 18.2 Å². The topological polar surface area (TPSA) is 12.5 Å². The van der Waals surface area contributed by atoms with Crippen LogP contribution in [0.3, 0.4) is 0 Å². The zero-order valence-corrected chi connectivity index (χ0v) is 12.8. The molecule has 1 aliphatic rings. The molecule has 2 rings (SSSR count). The Balaban J connectivity index is 2.56. The van der Waals surface area contributed by atoms with Gasteiger partial charge in [-0.3, -0.25) is 0 Å². The smallest absolute Gasteiger partial charge is 0.256 e. The quantitative estimate of drug-likeness (QED) is 0.781. The van der Waals surface area contributed by atoms with Crippen molar-refractivity contribution in [1.82, 2.24) is 4.90 Å². The number of methoxy groups -OCH3 is 1. The molecule has 0 bridgehead atoms. The van der Waals surface area contributed by atoms with Crippen LogP contribution in [0.15, 0.2) is 47.1 Å². The lowest BCUT2D eigenvalue weighted by atomic mass is 10.0. The number of hydrogen-bond acceptors (Lipinski definition) is 2. The molecule has 1 heterocycles. The van der Waals surface area contributed by atoms with Crippen molar-refractivity contribution in [3.63, 3.8) is 0 Å². The normalized spacial score (nSPS) is 15.1. The first-order chi connectivity index (χ1) is 9.95. The van der Waals surface area contributed by atoms with Crippen LogP contribution < -0.4 is 4.74 Å². The number of nitrogens with zero attached hydrogens (tertiary/aromatic N) is 1. The monoisotopic (exact) mass is 359 g/mol. The molecule has 0 spiro atoms. The molecule has 1 aromatic rings. The van der Waals surface area contributed by atoms with Gasteiger partial charge in [-0.25, -0.2) is 13.2 Å². The Bertz CT molecular complexity index is 625. The summed E-state index contributed by atoms with van der Waals surface area (Å²) < 4.78 is 45.5. The van der Waals surface area contributed by atoms with Crippen LogP contribution in [0.25, 0.3) is 5.70 Å². The van der Waals surface area contributed by atoms with Crippen LogP contribution >= 0.6 is 15.9 Å². The third-order valence-electron chi connectivity index (χ3n) is 3.05. The van der Waals surface area contributed by atoms with Gasteiger partial charge in [0.05, 0.1) is 24.9 Å². The van der Waals surface area contributed by atoms with E-state index in [4.69, 9.17) is 4.74 Å². The van der Waals surface area contributed by atoms with Crippen LogP contribution in [0.2, 0.25) is 0 Å². The summed E-state index contributed by atoms with van der Waals surface area (Å²) in [6.45, 7) is 3.19. The predicted octanol–water partition coefficient (Wildman–Crippen LogP) is 4.55. The number of hydrogen-bond donors (Lipinski definition) is 0. The maximum atomic E-state index is 14.2. The molecule has 21 heavy (non-hydrogen) atoms. The molecule has 112 valence electrons. The fourth-order valence-electron chi connectivity index (χ4n) is 2.10. The number of rotatable bonds is 4. The number of alkyl halides is 2. The molecule has 0 fully saturated rings. The van der Waals surface area contributed by atoms with Crippen LogP contribution in [0, 0.1) is 5.82 Å². The summed E-state index contributed by atoms with van der Waals surface area (Å²) in [5, 5.41) is 0. The number of allylic oxidation sites excluding steroid dienone is 3. The highest BCUT2D eigenvalue weighted by Crippen LogP contribution is 2.38. The average molecular weight is 360 g/mol. The Morgan fingerprint density at radius 1 is 1.33 bits per heavy atom. The summed E-state index contributed by atoms with van der Waals surface area (Å²) in [7, 11) is 1.40. The zero-order chi connectivity index (χ0) is 15.6. The Kier molecular flexibility index (Phi) is 4.77. The Labute approximate surface area is 129 Å². The zero-order valence-electron chi connectivity index (χ0n) is 11.2. The van der Waals surface area contributed by atoms with Crippen molar-refractivity contribution in [2.75, 3.05) is 13.7 Å². The van der Waals surface area contributed by atoms with Crippen molar-refractivity contribution in [3.05, 3.63) is 58.5 Å². The van der Waals surface area contributed by atoms with E-state index in [9.17, 15) is 13.2 Å². The van der Waals surface area contributed by atoms with Gasteiger partial charge in [-0.05, 0) is 40.2 Å². The van der Waals surface area contributed by atoms with E-state index in [1.165, 1.54) is 24.1 Å². The van der Waals surface area contributed by atoms with Gasteiger partial charge in [0.2, 0.25) is 0 Å². The number of halogens is 4. The molecule has 6 heteroatoms. The molecule has 0 aliphatic carbocycles. The average Bonchev–Trinajstić information content (AvgIpc) is 2.44. The maximum Gasteiger partial charge on any atom is 0.256 e. The molecule has 0 aromatic heterocycles. The van der Waals surface area contributed by atoms with E-state index in [1.807, 2.05) is 0 Å². The SMILES string of the molecule is C=C1C(Br)=CC=C(c2c(F)cccc2OC)N1CC(F)F. The largest absolute Gasteiger partial charge is 0.496 e. The van der Waals surface area contributed by atoms with Gasteiger partial charge < -0.3 is 9.64 Å². The summed E-state index contributed by atoms with van der Waals surface area (Å²) >= 11 is 3.24. The molecular formula is C15H13BrF3NO. The number of ether oxygens (including phenoxy) is 1. The van der Waals surface area contributed by atoms with Crippen LogP contribution in [-0.2, 0) is 0 Å². The maximum absolute atomic E-state index is 14.2. The van der Waals surface area contributed by atoms with Crippen molar-refractivity contribution < 1.29 is 17.9 Å². The Morgan fingerprint density at radius 2 is 2.05 bits per heavy atom. The van der Waals surface area contributed by atoms with E-state index >= 15 is 0 Å². The third-order valence-corrected chi connectivity index (χ3v) is 3.77. The van der Waals surface area contributed by atoms with Crippen LogP contribution in [0.1, 0.15) is 5.56 Å². The lowest BCUT2D eigenvalue weighted by molar-refractivity contribution is 0.123. The van der Waals surface area contributed by atoms with Gasteiger partial charge >= 0.3 is 0 Å². The van der Waals surface area contributed by atoms with Gasteiger partial charge in [0.25, 0.3) is 6.43 Å². The first-order valence-electron chi connectivity index (χ1n) is 6.11. The molecule has 0 amide bonds. The highest BCUT2D eigenvalue weighted by molar-refractivity contribution is 9.12. The first-order valence-corrected chi connectivity index (χ1v) is 6.90. The summed E-state index contributed by atoms with van der Waals surface area (Å²) in [6, 6.07) is 4.34. The standard InChI is InChI=1S/C15H13BrF3NO/c1-9-10(16)6-7-12(20(9)8-14(18)19)15-11(17)4-3-5-13(15)21-2/h3-7,14H,1,8H2,2H3. The predicted molar refractivity (Wildman–Crippen MR) is 79.8 cm³/mol. The summed E-state index contributed by atoms with van der Waals surface area (Å²) in [5.41, 5.74) is 0.773. The van der Waals surface area contributed by atoms with E-state index in [0.717, 1.165) is 0 Å². The third kappa shape index (κ3) is 3.15. The van der Waals surface area contributed by atoms with E-state index in [-0.39, 0.29) is 11.3 Å². The summed E-state index contributed by atoms with van der Waals surface area (Å²) in [5.74, 6) is -0.265. The molecule has 2 nitrogen and oxygen atoms in total. The highest BCUT2D eigenvalue weighted by Gasteiger charge is 2.26. The van der Waals surface area contributed by atoms with Gasteiger partial charge in [0.15, 0.2) is 0 Å². The lowest BCUT2D eigenvalue weighted by Crippen LogP contribution is -2.29. The first kappa shape index (κ1) is 15.7. The minimum atomic E-state index is -2.58. The Hall–Kier alpha value is -1.69. The van der Waals surface area contributed by atoms with Gasteiger partial charge in [-0.15, -0.1) is 0 Å². The highest BCUT2D eigenvalue weighted by atomic mass is 79.9. The molecule has 0 atom stereocenters. The van der Waals surface area contributed by atoms with Gasteiger partial charge in [0, 0.05) is 10.2 Å². The Morgan fingerprint density at radius 3 is 2.67 bits per heavy atom. The second-order valence-electron chi connectivity index (χ2n) is 4.33. The van der Waals surface area contributed by atoms with E-state index in [2.05, 4.69) is 22.5 Å². The van der Waals surface area contributed by atoms with Crippen molar-refractivity contribution in [1.29, 1.82) is 0 Å². The van der Waals surface area contributed by atoms with Crippen LogP contribution in [-0.4, -0.2) is 25.0 Å². The molecule has 0 unspecified atom stereocenters.